The van der Waals surface area contributed by atoms with E-state index in [9.17, 15) is 0 Å². The van der Waals surface area contributed by atoms with Crippen LogP contribution in [0.4, 0.5) is 0 Å². The molecule has 0 aromatic rings. The van der Waals surface area contributed by atoms with Crippen LogP contribution >= 0.6 is 0 Å². The first kappa shape index (κ1) is 13.3. The van der Waals surface area contributed by atoms with Crippen molar-refractivity contribution in [1.29, 1.82) is 10.5 Å². The lowest BCUT2D eigenvalue weighted by molar-refractivity contribution is 0.181. The number of unbranched alkanes of at least 4 members (excludes halogenated alkanes) is 1. The topological polar surface area (TPSA) is 80.1 Å². The SMILES string of the molecule is CCCCN1C=CN(C)C1N.N#CC#N. The molecule has 5 heteroatoms. The van der Waals surface area contributed by atoms with Crippen LogP contribution < -0.4 is 5.73 Å². The van der Waals surface area contributed by atoms with Gasteiger partial charge in [0.15, 0.2) is 18.4 Å². The van der Waals surface area contributed by atoms with Crippen LogP contribution in [0.5, 0.6) is 0 Å². The van der Waals surface area contributed by atoms with Crippen LogP contribution in [0.25, 0.3) is 0 Å². The predicted octanol–water partition coefficient (Wildman–Crippen LogP) is 0.781. The third kappa shape index (κ3) is 4.90. The van der Waals surface area contributed by atoms with Gasteiger partial charge in [-0.05, 0) is 6.42 Å². The first-order valence-corrected chi connectivity index (χ1v) is 4.87. The first-order chi connectivity index (χ1) is 7.17. The van der Waals surface area contributed by atoms with E-state index in [-0.39, 0.29) is 6.29 Å². The Labute approximate surface area is 91.0 Å². The van der Waals surface area contributed by atoms with Gasteiger partial charge in [-0.3, -0.25) is 5.73 Å². The molecule has 0 radical (unpaired) electrons. The van der Waals surface area contributed by atoms with E-state index in [0.717, 1.165) is 6.54 Å². The van der Waals surface area contributed by atoms with E-state index in [1.807, 2.05) is 18.1 Å². The van der Waals surface area contributed by atoms with Crippen LogP contribution in [0.3, 0.4) is 0 Å². The Bertz CT molecular complexity index is 261. The second kappa shape index (κ2) is 7.66. The van der Waals surface area contributed by atoms with Crippen LogP contribution in [0, 0.1) is 22.7 Å². The van der Waals surface area contributed by atoms with Gasteiger partial charge in [0.25, 0.3) is 0 Å². The van der Waals surface area contributed by atoms with E-state index >= 15 is 0 Å². The summed E-state index contributed by atoms with van der Waals surface area (Å²) in [5, 5.41) is 14.5. The molecular weight excluding hydrogens is 190 g/mol. The molecule has 15 heavy (non-hydrogen) atoms. The summed E-state index contributed by atoms with van der Waals surface area (Å²) in [6.45, 7) is 3.26. The van der Waals surface area contributed by atoms with Crippen LogP contribution in [0.15, 0.2) is 12.4 Å². The first-order valence-electron chi connectivity index (χ1n) is 4.87. The maximum Gasteiger partial charge on any atom is 0.181 e. The number of nitrogens with two attached hydrogens (primary N) is 1. The van der Waals surface area contributed by atoms with Gasteiger partial charge in [0.2, 0.25) is 0 Å². The van der Waals surface area contributed by atoms with Crippen molar-refractivity contribution in [2.45, 2.75) is 26.1 Å². The van der Waals surface area contributed by atoms with E-state index in [0.29, 0.717) is 0 Å². The molecule has 2 N–H and O–H groups in total. The molecule has 1 atom stereocenters. The predicted molar refractivity (Wildman–Crippen MR) is 57.7 cm³/mol. The lowest BCUT2D eigenvalue weighted by Gasteiger charge is -2.26. The van der Waals surface area contributed by atoms with Gasteiger partial charge in [-0.15, -0.1) is 0 Å². The van der Waals surface area contributed by atoms with Crippen molar-refractivity contribution >= 4 is 0 Å². The average Bonchev–Trinajstić information content (AvgIpc) is 2.58. The molecule has 0 amide bonds. The van der Waals surface area contributed by atoms with Crippen LogP contribution in [0.2, 0.25) is 0 Å². The summed E-state index contributed by atoms with van der Waals surface area (Å²) in [4.78, 5) is 4.17. The van der Waals surface area contributed by atoms with E-state index in [1.54, 1.807) is 0 Å². The number of hydrogen-bond donors (Lipinski definition) is 1. The second-order valence-corrected chi connectivity index (χ2v) is 3.19. The molecule has 1 aliphatic heterocycles. The molecule has 0 aliphatic carbocycles. The highest BCUT2D eigenvalue weighted by atomic mass is 15.4. The minimum atomic E-state index is 0.0570. The third-order valence-electron chi connectivity index (χ3n) is 2.07. The highest BCUT2D eigenvalue weighted by Gasteiger charge is 2.17. The second-order valence-electron chi connectivity index (χ2n) is 3.19. The highest BCUT2D eigenvalue weighted by molar-refractivity contribution is 4.99. The van der Waals surface area contributed by atoms with Crippen molar-refractivity contribution in [3.8, 4) is 12.1 Å². The Balaban J connectivity index is 0.000000423. The Kier molecular flexibility index (Phi) is 6.78. The highest BCUT2D eigenvalue weighted by Crippen LogP contribution is 2.09. The Hall–Kier alpha value is -1.72. The molecule has 0 saturated carbocycles. The Morgan fingerprint density at radius 3 is 2.27 bits per heavy atom. The lowest BCUT2D eigenvalue weighted by atomic mass is 10.3. The average molecular weight is 207 g/mol. The summed E-state index contributed by atoms with van der Waals surface area (Å²) in [5.74, 6) is 0. The Morgan fingerprint density at radius 2 is 1.93 bits per heavy atom. The molecule has 1 aliphatic rings. The largest absolute Gasteiger partial charge is 0.347 e. The standard InChI is InChI=1S/C8H17N3.C2N2/c1-3-4-5-11-7-6-10(2)8(11)9;3-1-2-4/h6-8H,3-5,9H2,1-2H3;. The third-order valence-corrected chi connectivity index (χ3v) is 2.07. The van der Waals surface area contributed by atoms with Crippen molar-refractivity contribution in [3.63, 3.8) is 0 Å². The number of hydrogen-bond acceptors (Lipinski definition) is 5. The summed E-state index contributed by atoms with van der Waals surface area (Å²) in [6, 6.07) is 2.47. The van der Waals surface area contributed by atoms with Crippen LogP contribution in [-0.4, -0.2) is 29.7 Å². The van der Waals surface area contributed by atoms with Gasteiger partial charge in [-0.2, -0.15) is 10.5 Å². The van der Waals surface area contributed by atoms with E-state index in [1.165, 1.54) is 25.0 Å². The van der Waals surface area contributed by atoms with Gasteiger partial charge >= 0.3 is 0 Å². The van der Waals surface area contributed by atoms with Crippen molar-refractivity contribution in [2.75, 3.05) is 13.6 Å². The van der Waals surface area contributed by atoms with Gasteiger partial charge in [0, 0.05) is 26.0 Å². The fourth-order valence-corrected chi connectivity index (χ4v) is 1.15. The molecule has 0 fully saturated rings. The van der Waals surface area contributed by atoms with E-state index < -0.39 is 0 Å². The molecule has 0 saturated heterocycles. The minimum absolute atomic E-state index is 0.0570. The van der Waals surface area contributed by atoms with Crippen LogP contribution in [0.1, 0.15) is 19.8 Å². The molecule has 0 aromatic heterocycles. The van der Waals surface area contributed by atoms with Gasteiger partial charge < -0.3 is 9.80 Å². The van der Waals surface area contributed by atoms with Crippen molar-refractivity contribution in [3.05, 3.63) is 12.4 Å². The smallest absolute Gasteiger partial charge is 0.181 e. The lowest BCUT2D eigenvalue weighted by Crippen LogP contribution is -2.44. The molecule has 5 nitrogen and oxygen atoms in total. The van der Waals surface area contributed by atoms with Gasteiger partial charge in [0.1, 0.15) is 0 Å². The van der Waals surface area contributed by atoms with E-state index in [4.69, 9.17) is 16.3 Å². The molecule has 1 rings (SSSR count). The quantitative estimate of drug-likeness (QED) is 0.739. The summed E-state index contributed by atoms with van der Waals surface area (Å²) < 4.78 is 0. The zero-order valence-corrected chi connectivity index (χ0v) is 9.22. The maximum absolute atomic E-state index is 7.26. The summed E-state index contributed by atoms with van der Waals surface area (Å²) >= 11 is 0. The molecule has 0 aromatic carbocycles. The Morgan fingerprint density at radius 1 is 1.33 bits per heavy atom. The van der Waals surface area contributed by atoms with Gasteiger partial charge in [-0.1, -0.05) is 13.3 Å². The molecular formula is C10H17N5. The summed E-state index contributed by atoms with van der Waals surface area (Å²) in [7, 11) is 1.99. The van der Waals surface area contributed by atoms with Crippen molar-refractivity contribution in [2.24, 2.45) is 5.73 Å². The monoisotopic (exact) mass is 207 g/mol. The van der Waals surface area contributed by atoms with Crippen molar-refractivity contribution in [1.82, 2.24) is 9.80 Å². The van der Waals surface area contributed by atoms with Gasteiger partial charge in [-0.25, -0.2) is 0 Å². The fourth-order valence-electron chi connectivity index (χ4n) is 1.15. The van der Waals surface area contributed by atoms with Gasteiger partial charge in [0.05, 0.1) is 0 Å². The number of nitrogens with zero attached hydrogens (tertiary/aromatic N) is 4. The van der Waals surface area contributed by atoms with E-state index in [2.05, 4.69) is 18.0 Å². The maximum atomic E-state index is 7.26. The minimum Gasteiger partial charge on any atom is -0.347 e. The summed E-state index contributed by atoms with van der Waals surface area (Å²) in [5.41, 5.74) is 5.85. The fraction of sp³-hybridized carbons (Fsp3) is 0.600. The molecule has 1 unspecified atom stereocenters. The normalized spacial score (nSPS) is 17.8. The zero-order valence-electron chi connectivity index (χ0n) is 9.22. The number of rotatable bonds is 3. The van der Waals surface area contributed by atoms with Crippen molar-refractivity contribution < 1.29 is 0 Å². The summed E-state index contributed by atoms with van der Waals surface area (Å²) in [6.07, 6.45) is 6.56. The molecule has 0 spiro atoms. The molecule has 82 valence electrons. The zero-order chi connectivity index (χ0) is 11.7. The molecule has 1 heterocycles. The van der Waals surface area contributed by atoms with Crippen LogP contribution in [-0.2, 0) is 0 Å². The number of nitriles is 2. The molecule has 0 bridgehead atoms.